The first-order valence-corrected chi connectivity index (χ1v) is 8.73. The van der Waals surface area contributed by atoms with E-state index < -0.39 is 0 Å². The summed E-state index contributed by atoms with van der Waals surface area (Å²) in [5, 5.41) is 3.05. The summed E-state index contributed by atoms with van der Waals surface area (Å²) in [4.78, 5) is 18.7. The first kappa shape index (κ1) is 15.2. The monoisotopic (exact) mass is 321 g/mol. The average Bonchev–Trinajstić information content (AvgIpc) is 3.03. The molecule has 0 radical (unpaired) electrons. The molecule has 1 saturated heterocycles. The van der Waals surface area contributed by atoms with Crippen LogP contribution in [0.25, 0.3) is 0 Å². The minimum absolute atomic E-state index is 0.0450. The molecule has 4 nitrogen and oxygen atoms in total. The van der Waals surface area contributed by atoms with E-state index in [0.717, 1.165) is 18.7 Å². The maximum atomic E-state index is 12.6. The van der Waals surface area contributed by atoms with E-state index >= 15 is 0 Å². The predicted molar refractivity (Wildman–Crippen MR) is 93.5 cm³/mol. The van der Waals surface area contributed by atoms with Gasteiger partial charge in [-0.25, -0.2) is 4.79 Å². The largest absolute Gasteiger partial charge is 0.334 e. The van der Waals surface area contributed by atoms with E-state index in [-0.39, 0.29) is 6.03 Å². The van der Waals surface area contributed by atoms with E-state index in [1.807, 2.05) is 17.0 Å². The molecular weight excluding hydrogens is 298 g/mol. The summed E-state index contributed by atoms with van der Waals surface area (Å²) in [6, 6.07) is 14.6. The van der Waals surface area contributed by atoms with E-state index in [4.69, 9.17) is 0 Å². The molecule has 1 unspecified atom stereocenters. The number of rotatable bonds is 3. The van der Waals surface area contributed by atoms with E-state index in [0.29, 0.717) is 17.9 Å². The van der Waals surface area contributed by atoms with Gasteiger partial charge in [-0.15, -0.1) is 0 Å². The van der Waals surface area contributed by atoms with Gasteiger partial charge in [0, 0.05) is 37.9 Å². The molecule has 1 aliphatic heterocycles. The number of hydrogen-bond donors (Lipinski definition) is 1. The van der Waals surface area contributed by atoms with Crippen LogP contribution in [0.2, 0.25) is 0 Å². The second-order valence-electron chi connectivity index (χ2n) is 7.08. The highest BCUT2D eigenvalue weighted by atomic mass is 16.2. The summed E-state index contributed by atoms with van der Waals surface area (Å²) < 4.78 is 0. The van der Waals surface area contributed by atoms with Crippen LogP contribution in [0.15, 0.2) is 54.9 Å². The van der Waals surface area contributed by atoms with E-state index in [1.54, 1.807) is 12.4 Å². The fourth-order valence-corrected chi connectivity index (χ4v) is 4.20. The Hall–Kier alpha value is -2.36. The van der Waals surface area contributed by atoms with Crippen LogP contribution in [0.3, 0.4) is 0 Å². The highest BCUT2D eigenvalue weighted by molar-refractivity contribution is 5.75. The molecule has 2 fully saturated rings. The zero-order chi connectivity index (χ0) is 16.4. The lowest BCUT2D eigenvalue weighted by Crippen LogP contribution is -2.41. The number of carbonyl (C=O) groups excluding carboxylic acids is 1. The maximum Gasteiger partial charge on any atom is 0.317 e. The summed E-state index contributed by atoms with van der Waals surface area (Å²) in [7, 11) is 0. The molecule has 1 N–H and O–H groups in total. The Kier molecular flexibility index (Phi) is 3.97. The van der Waals surface area contributed by atoms with Crippen LogP contribution < -0.4 is 5.32 Å². The lowest BCUT2D eigenvalue weighted by atomic mass is 9.61. The number of aromatic nitrogens is 1. The van der Waals surface area contributed by atoms with Gasteiger partial charge in [-0.1, -0.05) is 42.8 Å². The van der Waals surface area contributed by atoms with Gasteiger partial charge in [-0.2, -0.15) is 0 Å². The SMILES string of the molecule is O=C(NCc1cccnc1)N1CC(c2ccccc2)C2(CCC2)C1. The molecule has 1 spiro atoms. The fraction of sp³-hybridized carbons (Fsp3) is 0.400. The van der Waals surface area contributed by atoms with Crippen molar-refractivity contribution in [3.8, 4) is 0 Å². The van der Waals surface area contributed by atoms with Gasteiger partial charge in [0.15, 0.2) is 0 Å². The van der Waals surface area contributed by atoms with E-state index in [1.165, 1.54) is 24.8 Å². The van der Waals surface area contributed by atoms with Gasteiger partial charge in [0.05, 0.1) is 0 Å². The van der Waals surface area contributed by atoms with Crippen LogP contribution in [-0.4, -0.2) is 29.0 Å². The van der Waals surface area contributed by atoms with Crippen molar-refractivity contribution in [3.63, 3.8) is 0 Å². The van der Waals surface area contributed by atoms with E-state index in [9.17, 15) is 4.79 Å². The molecule has 4 heteroatoms. The van der Waals surface area contributed by atoms with Crippen LogP contribution in [-0.2, 0) is 6.54 Å². The summed E-state index contributed by atoms with van der Waals surface area (Å²) in [6.07, 6.45) is 7.30. The molecule has 2 amide bonds. The highest BCUT2D eigenvalue weighted by Gasteiger charge is 2.51. The van der Waals surface area contributed by atoms with Crippen LogP contribution in [0.5, 0.6) is 0 Å². The van der Waals surface area contributed by atoms with Gasteiger partial charge in [0.2, 0.25) is 0 Å². The average molecular weight is 321 g/mol. The number of carbonyl (C=O) groups is 1. The van der Waals surface area contributed by atoms with Gasteiger partial charge >= 0.3 is 6.03 Å². The lowest BCUT2D eigenvalue weighted by molar-refractivity contribution is 0.123. The second kappa shape index (κ2) is 6.27. The zero-order valence-electron chi connectivity index (χ0n) is 13.8. The molecule has 2 heterocycles. The minimum atomic E-state index is 0.0450. The molecule has 1 aliphatic carbocycles. The Morgan fingerprint density at radius 1 is 1.21 bits per heavy atom. The van der Waals surface area contributed by atoms with Crippen LogP contribution >= 0.6 is 0 Å². The van der Waals surface area contributed by atoms with Gasteiger partial charge < -0.3 is 10.2 Å². The molecule has 0 bridgehead atoms. The third-order valence-electron chi connectivity index (χ3n) is 5.65. The number of pyridine rings is 1. The van der Waals surface area contributed by atoms with Gasteiger partial charge in [0.1, 0.15) is 0 Å². The van der Waals surface area contributed by atoms with Crippen LogP contribution in [0.1, 0.15) is 36.3 Å². The topological polar surface area (TPSA) is 45.2 Å². The zero-order valence-corrected chi connectivity index (χ0v) is 13.8. The fourth-order valence-electron chi connectivity index (χ4n) is 4.20. The second-order valence-corrected chi connectivity index (χ2v) is 7.08. The Balaban J connectivity index is 1.44. The molecule has 1 aromatic carbocycles. The first-order chi connectivity index (χ1) is 11.8. The molecular formula is C20H23N3O. The highest BCUT2D eigenvalue weighted by Crippen LogP contribution is 2.55. The summed E-state index contributed by atoms with van der Waals surface area (Å²) in [5.74, 6) is 0.469. The Morgan fingerprint density at radius 3 is 2.71 bits per heavy atom. The number of urea groups is 1. The first-order valence-electron chi connectivity index (χ1n) is 8.73. The summed E-state index contributed by atoms with van der Waals surface area (Å²) in [6.45, 7) is 2.24. The Bertz CT molecular complexity index is 697. The lowest BCUT2D eigenvalue weighted by Gasteiger charge is -2.43. The van der Waals surface area contributed by atoms with Crippen molar-refractivity contribution < 1.29 is 4.79 Å². The van der Waals surface area contributed by atoms with Crippen LogP contribution in [0.4, 0.5) is 4.79 Å². The third kappa shape index (κ3) is 2.77. The molecule has 124 valence electrons. The number of benzene rings is 1. The van der Waals surface area contributed by atoms with Crippen molar-refractivity contribution >= 4 is 6.03 Å². The summed E-state index contributed by atoms with van der Waals surface area (Å²) in [5.41, 5.74) is 2.70. The maximum absolute atomic E-state index is 12.6. The normalized spacial score (nSPS) is 21.5. The van der Waals surface area contributed by atoms with Gasteiger partial charge in [-0.05, 0) is 35.4 Å². The van der Waals surface area contributed by atoms with Crippen LogP contribution in [0, 0.1) is 5.41 Å². The Labute approximate surface area is 142 Å². The number of nitrogens with one attached hydrogen (secondary N) is 1. The van der Waals surface area contributed by atoms with Crippen molar-refractivity contribution in [2.24, 2.45) is 5.41 Å². The number of likely N-dealkylation sites (tertiary alicyclic amines) is 1. The van der Waals surface area contributed by atoms with Crippen molar-refractivity contribution in [2.45, 2.75) is 31.7 Å². The number of amides is 2. The smallest absolute Gasteiger partial charge is 0.317 e. The molecule has 2 aromatic rings. The van der Waals surface area contributed by atoms with Crippen molar-refractivity contribution in [1.82, 2.24) is 15.2 Å². The van der Waals surface area contributed by atoms with Crippen molar-refractivity contribution in [1.29, 1.82) is 0 Å². The van der Waals surface area contributed by atoms with E-state index in [2.05, 4.69) is 40.6 Å². The van der Waals surface area contributed by atoms with Crippen molar-refractivity contribution in [3.05, 3.63) is 66.0 Å². The quantitative estimate of drug-likeness (QED) is 0.939. The number of hydrogen-bond acceptors (Lipinski definition) is 2. The minimum Gasteiger partial charge on any atom is -0.334 e. The molecule has 1 atom stereocenters. The standard InChI is InChI=1S/C20H23N3O/c24-19(22-13-16-6-4-11-21-12-16)23-14-18(17-7-2-1-3-8-17)20(15-23)9-5-10-20/h1-4,6-8,11-12,18H,5,9-10,13-15H2,(H,22,24). The van der Waals surface area contributed by atoms with Gasteiger partial charge in [-0.3, -0.25) is 4.98 Å². The molecule has 1 aromatic heterocycles. The predicted octanol–water partition coefficient (Wildman–Crippen LogP) is 3.56. The number of nitrogens with zero attached hydrogens (tertiary/aromatic N) is 2. The Morgan fingerprint density at radius 2 is 2.04 bits per heavy atom. The molecule has 24 heavy (non-hydrogen) atoms. The molecule has 4 rings (SSSR count). The summed E-state index contributed by atoms with van der Waals surface area (Å²) >= 11 is 0. The molecule has 1 saturated carbocycles. The molecule has 2 aliphatic rings. The van der Waals surface area contributed by atoms with Crippen molar-refractivity contribution in [2.75, 3.05) is 13.1 Å². The van der Waals surface area contributed by atoms with Gasteiger partial charge in [0.25, 0.3) is 0 Å². The third-order valence-corrected chi connectivity index (χ3v) is 5.65.